The number of rotatable bonds is 8. The molecule has 0 aliphatic heterocycles. The van der Waals surface area contributed by atoms with Crippen LogP contribution in [-0.4, -0.2) is 21.5 Å². The molecule has 6 nitrogen and oxygen atoms in total. The van der Waals surface area contributed by atoms with Gasteiger partial charge in [0.15, 0.2) is 11.5 Å². The van der Waals surface area contributed by atoms with Crippen LogP contribution in [0.15, 0.2) is 42.7 Å². The van der Waals surface area contributed by atoms with E-state index in [2.05, 4.69) is 28.6 Å². The summed E-state index contributed by atoms with van der Waals surface area (Å²) in [6.07, 6.45) is 1.57. The van der Waals surface area contributed by atoms with Gasteiger partial charge in [0.2, 0.25) is 4.77 Å². The molecule has 27 heavy (non-hydrogen) atoms. The summed E-state index contributed by atoms with van der Waals surface area (Å²) >= 11 is 11.6. The molecule has 0 aliphatic rings. The Bertz CT molecular complexity index is 970. The van der Waals surface area contributed by atoms with Gasteiger partial charge in [-0.3, -0.25) is 5.10 Å². The van der Waals surface area contributed by atoms with Crippen LogP contribution in [0.25, 0.3) is 0 Å². The second-order valence-corrected chi connectivity index (χ2v) is 6.70. The van der Waals surface area contributed by atoms with Crippen molar-refractivity contribution in [1.29, 1.82) is 0 Å². The zero-order valence-corrected chi connectivity index (χ0v) is 16.7. The Kier molecular flexibility index (Phi) is 6.36. The first kappa shape index (κ1) is 19.3. The quantitative estimate of drug-likeness (QED) is 0.536. The summed E-state index contributed by atoms with van der Waals surface area (Å²) in [4.78, 5) is 0. The van der Waals surface area contributed by atoms with Crippen molar-refractivity contribution in [3.05, 3.63) is 69.2 Å². The Hall–Kier alpha value is -2.51. The maximum Gasteiger partial charge on any atom is 0.214 e. The van der Waals surface area contributed by atoms with Gasteiger partial charge in [-0.05, 0) is 48.8 Å². The van der Waals surface area contributed by atoms with E-state index >= 15 is 0 Å². The average molecular weight is 405 g/mol. The maximum atomic E-state index is 6.46. The van der Waals surface area contributed by atoms with E-state index in [1.807, 2.05) is 31.2 Å². The van der Waals surface area contributed by atoms with E-state index in [-0.39, 0.29) is 0 Å². The summed E-state index contributed by atoms with van der Waals surface area (Å²) in [7, 11) is 0. The summed E-state index contributed by atoms with van der Waals surface area (Å²) in [6.45, 7) is 5.44. The SMILES string of the molecule is CCOc1cc(CNn2cn[nH]c2=S)c(Cl)cc1OCc1ccccc1C. The van der Waals surface area contributed by atoms with Crippen LogP contribution in [0.3, 0.4) is 0 Å². The number of hydrogen-bond acceptors (Lipinski definition) is 5. The summed E-state index contributed by atoms with van der Waals surface area (Å²) in [6, 6.07) is 11.8. The minimum absolute atomic E-state index is 0.449. The van der Waals surface area contributed by atoms with Gasteiger partial charge in [0.25, 0.3) is 0 Å². The summed E-state index contributed by atoms with van der Waals surface area (Å²) < 4.78 is 13.9. The lowest BCUT2D eigenvalue weighted by atomic mass is 10.1. The van der Waals surface area contributed by atoms with Crippen molar-refractivity contribution >= 4 is 23.8 Å². The van der Waals surface area contributed by atoms with Crippen LogP contribution >= 0.6 is 23.8 Å². The number of hydrogen-bond donors (Lipinski definition) is 2. The largest absolute Gasteiger partial charge is 0.490 e. The van der Waals surface area contributed by atoms with Crippen LogP contribution in [0.1, 0.15) is 23.6 Å². The standard InChI is InChI=1S/C19H21ClN4O2S/c1-3-25-17-8-15(10-22-24-12-21-23-19(24)27)16(20)9-18(17)26-11-14-7-5-4-6-13(14)2/h4-9,12,22H,3,10-11H2,1-2H3,(H,23,27). The molecule has 0 atom stereocenters. The molecule has 142 valence electrons. The Balaban J connectivity index is 1.78. The van der Waals surface area contributed by atoms with E-state index < -0.39 is 0 Å². The minimum Gasteiger partial charge on any atom is -0.490 e. The number of ether oxygens (including phenoxy) is 2. The fourth-order valence-electron chi connectivity index (χ4n) is 2.55. The van der Waals surface area contributed by atoms with E-state index in [0.717, 1.165) is 11.1 Å². The van der Waals surface area contributed by atoms with Crippen LogP contribution in [-0.2, 0) is 13.2 Å². The van der Waals surface area contributed by atoms with Gasteiger partial charge < -0.3 is 14.9 Å². The molecule has 0 aliphatic carbocycles. The molecular formula is C19H21ClN4O2S. The van der Waals surface area contributed by atoms with Crippen molar-refractivity contribution in [3.63, 3.8) is 0 Å². The Morgan fingerprint density at radius 3 is 2.67 bits per heavy atom. The summed E-state index contributed by atoms with van der Waals surface area (Å²) in [5, 5.41) is 7.14. The van der Waals surface area contributed by atoms with Crippen LogP contribution < -0.4 is 14.9 Å². The molecule has 0 saturated carbocycles. The highest BCUT2D eigenvalue weighted by Gasteiger charge is 2.12. The lowest BCUT2D eigenvalue weighted by molar-refractivity contribution is 0.268. The second-order valence-electron chi connectivity index (χ2n) is 5.90. The normalized spacial score (nSPS) is 10.6. The third-order valence-corrected chi connectivity index (χ3v) is 4.69. The van der Waals surface area contributed by atoms with Crippen molar-refractivity contribution in [1.82, 2.24) is 14.9 Å². The first-order chi connectivity index (χ1) is 13.1. The van der Waals surface area contributed by atoms with Crippen LogP contribution in [0.4, 0.5) is 0 Å². The van der Waals surface area contributed by atoms with Crippen molar-refractivity contribution in [2.24, 2.45) is 0 Å². The molecule has 2 aromatic carbocycles. The van der Waals surface area contributed by atoms with Crippen molar-refractivity contribution < 1.29 is 9.47 Å². The molecule has 0 spiro atoms. The first-order valence-corrected chi connectivity index (χ1v) is 9.35. The highest BCUT2D eigenvalue weighted by Crippen LogP contribution is 2.34. The summed E-state index contributed by atoms with van der Waals surface area (Å²) in [5.41, 5.74) is 6.31. The Morgan fingerprint density at radius 2 is 1.96 bits per heavy atom. The monoisotopic (exact) mass is 404 g/mol. The van der Waals surface area contributed by atoms with Crippen molar-refractivity contribution in [2.45, 2.75) is 27.0 Å². The molecule has 0 fully saturated rings. The van der Waals surface area contributed by atoms with Gasteiger partial charge in [0, 0.05) is 11.1 Å². The minimum atomic E-state index is 0.449. The zero-order chi connectivity index (χ0) is 19.2. The number of halogens is 1. The van der Waals surface area contributed by atoms with E-state index in [0.29, 0.717) is 41.1 Å². The molecular weight excluding hydrogens is 384 g/mol. The topological polar surface area (TPSA) is 64.1 Å². The fraction of sp³-hybridized carbons (Fsp3) is 0.263. The maximum absolute atomic E-state index is 6.46. The van der Waals surface area contributed by atoms with E-state index in [9.17, 15) is 0 Å². The smallest absolute Gasteiger partial charge is 0.214 e. The second kappa shape index (κ2) is 8.92. The number of aromatic nitrogens is 3. The van der Waals surface area contributed by atoms with Crippen molar-refractivity contribution in [2.75, 3.05) is 12.0 Å². The lowest BCUT2D eigenvalue weighted by Gasteiger charge is -2.16. The zero-order valence-electron chi connectivity index (χ0n) is 15.2. The van der Waals surface area contributed by atoms with Crippen LogP contribution in [0, 0.1) is 11.7 Å². The molecule has 3 aromatic rings. The van der Waals surface area contributed by atoms with Crippen LogP contribution in [0.2, 0.25) is 5.02 Å². The predicted molar refractivity (Wildman–Crippen MR) is 109 cm³/mol. The third kappa shape index (κ3) is 4.81. The average Bonchev–Trinajstić information content (AvgIpc) is 3.06. The number of nitrogens with zero attached hydrogens (tertiary/aromatic N) is 2. The summed E-state index contributed by atoms with van der Waals surface area (Å²) in [5.74, 6) is 1.27. The van der Waals surface area contributed by atoms with Gasteiger partial charge in [-0.25, -0.2) is 4.68 Å². The Morgan fingerprint density at radius 1 is 1.19 bits per heavy atom. The molecule has 1 aromatic heterocycles. The predicted octanol–water partition coefficient (Wildman–Crippen LogP) is 4.62. The molecule has 0 bridgehead atoms. The number of aryl methyl sites for hydroxylation is 1. The van der Waals surface area contributed by atoms with E-state index in [1.165, 1.54) is 5.56 Å². The number of H-pyrrole nitrogens is 1. The van der Waals surface area contributed by atoms with Gasteiger partial charge >= 0.3 is 0 Å². The molecule has 1 heterocycles. The van der Waals surface area contributed by atoms with E-state index in [1.54, 1.807) is 17.1 Å². The molecule has 0 saturated heterocycles. The molecule has 0 unspecified atom stereocenters. The Labute approximate surface area is 168 Å². The van der Waals surface area contributed by atoms with Gasteiger partial charge in [-0.2, -0.15) is 5.10 Å². The molecule has 8 heteroatoms. The molecule has 3 rings (SSSR count). The number of nitrogens with one attached hydrogen (secondary N) is 2. The van der Waals surface area contributed by atoms with Gasteiger partial charge in [0.05, 0.1) is 13.2 Å². The number of aromatic amines is 1. The molecule has 2 N–H and O–H groups in total. The van der Waals surface area contributed by atoms with Gasteiger partial charge in [-0.1, -0.05) is 35.9 Å². The number of benzene rings is 2. The highest BCUT2D eigenvalue weighted by molar-refractivity contribution is 7.71. The lowest BCUT2D eigenvalue weighted by Crippen LogP contribution is -2.14. The highest BCUT2D eigenvalue weighted by atomic mass is 35.5. The van der Waals surface area contributed by atoms with Gasteiger partial charge in [0.1, 0.15) is 12.9 Å². The first-order valence-electron chi connectivity index (χ1n) is 8.57. The van der Waals surface area contributed by atoms with Crippen molar-refractivity contribution in [3.8, 4) is 11.5 Å². The van der Waals surface area contributed by atoms with E-state index in [4.69, 9.17) is 33.3 Å². The third-order valence-electron chi connectivity index (χ3n) is 4.05. The molecule has 0 radical (unpaired) electrons. The fourth-order valence-corrected chi connectivity index (χ4v) is 2.94. The van der Waals surface area contributed by atoms with Gasteiger partial charge in [-0.15, -0.1) is 0 Å². The molecule has 0 amide bonds. The van der Waals surface area contributed by atoms with Crippen LogP contribution in [0.5, 0.6) is 11.5 Å².